The zero-order valence-electron chi connectivity index (χ0n) is 4.66. The van der Waals surface area contributed by atoms with Crippen molar-refractivity contribution in [1.82, 2.24) is 0 Å². The third-order valence-electron chi connectivity index (χ3n) is 0.717. The number of rotatable bonds is 2. The monoisotopic (exact) mass is 123 g/mol. The molecule has 1 amide bonds. The molecule has 0 aliphatic carbocycles. The van der Waals surface area contributed by atoms with Crippen molar-refractivity contribution in [1.29, 1.82) is 10.5 Å². The van der Waals surface area contributed by atoms with Crippen molar-refractivity contribution in [2.45, 2.75) is 6.42 Å². The topological polar surface area (TPSA) is 90.7 Å². The van der Waals surface area contributed by atoms with Gasteiger partial charge in [-0.3, -0.25) is 4.79 Å². The zero-order valence-corrected chi connectivity index (χ0v) is 4.66. The first-order valence-electron chi connectivity index (χ1n) is 2.28. The summed E-state index contributed by atoms with van der Waals surface area (Å²) in [7, 11) is 0. The number of carbonyl (C=O) groups excluding carboxylic acids is 1. The Morgan fingerprint density at radius 3 is 2.11 bits per heavy atom. The van der Waals surface area contributed by atoms with Crippen molar-refractivity contribution in [3.8, 4) is 12.1 Å². The molecule has 0 saturated carbocycles. The van der Waals surface area contributed by atoms with Gasteiger partial charge >= 0.3 is 0 Å². The molecule has 0 aliphatic heterocycles. The van der Waals surface area contributed by atoms with Crippen LogP contribution in [0.25, 0.3) is 0 Å². The van der Waals surface area contributed by atoms with Crippen LogP contribution in [0.4, 0.5) is 0 Å². The van der Waals surface area contributed by atoms with Crippen LogP contribution in [0, 0.1) is 28.6 Å². The molecule has 0 unspecified atom stereocenters. The van der Waals surface area contributed by atoms with Crippen molar-refractivity contribution >= 4 is 5.91 Å². The van der Waals surface area contributed by atoms with E-state index in [4.69, 9.17) is 16.3 Å². The van der Waals surface area contributed by atoms with Crippen molar-refractivity contribution < 1.29 is 4.79 Å². The van der Waals surface area contributed by atoms with Gasteiger partial charge in [-0.1, -0.05) is 0 Å². The van der Waals surface area contributed by atoms with Crippen LogP contribution in [0.2, 0.25) is 0 Å². The SMILES string of the molecule is N#CC(C#N)CC(N)=O. The highest BCUT2D eigenvalue weighted by Crippen LogP contribution is 1.96. The Hall–Kier alpha value is -1.55. The molecular formula is C5H5N3O. The van der Waals surface area contributed by atoms with E-state index in [0.717, 1.165) is 0 Å². The van der Waals surface area contributed by atoms with Gasteiger partial charge in [0.25, 0.3) is 0 Å². The Labute approximate surface area is 52.5 Å². The highest BCUT2D eigenvalue weighted by molar-refractivity contribution is 5.74. The van der Waals surface area contributed by atoms with Gasteiger partial charge in [-0.2, -0.15) is 10.5 Å². The summed E-state index contributed by atoms with van der Waals surface area (Å²) in [6.45, 7) is 0. The number of nitrogens with zero attached hydrogens (tertiary/aromatic N) is 2. The van der Waals surface area contributed by atoms with Crippen LogP contribution < -0.4 is 5.73 Å². The third-order valence-corrected chi connectivity index (χ3v) is 0.717. The molecule has 0 radical (unpaired) electrons. The second kappa shape index (κ2) is 3.45. The van der Waals surface area contributed by atoms with Gasteiger partial charge in [-0.05, 0) is 0 Å². The van der Waals surface area contributed by atoms with Crippen molar-refractivity contribution in [3.63, 3.8) is 0 Å². The fourth-order valence-electron chi connectivity index (χ4n) is 0.321. The van der Waals surface area contributed by atoms with Crippen LogP contribution >= 0.6 is 0 Å². The second-order valence-corrected chi connectivity index (χ2v) is 1.48. The fourth-order valence-corrected chi connectivity index (χ4v) is 0.321. The normalized spacial score (nSPS) is 7.89. The maximum Gasteiger partial charge on any atom is 0.219 e. The molecule has 46 valence electrons. The van der Waals surface area contributed by atoms with E-state index in [1.165, 1.54) is 0 Å². The van der Waals surface area contributed by atoms with Gasteiger partial charge in [0.15, 0.2) is 0 Å². The molecule has 0 aliphatic rings. The number of amides is 1. The summed E-state index contributed by atoms with van der Waals surface area (Å²) in [5.41, 5.74) is 4.70. The minimum atomic E-state index is -0.887. The summed E-state index contributed by atoms with van der Waals surface area (Å²) in [5, 5.41) is 16.2. The lowest BCUT2D eigenvalue weighted by atomic mass is 10.1. The van der Waals surface area contributed by atoms with E-state index >= 15 is 0 Å². The molecule has 0 aromatic heterocycles. The number of nitriles is 2. The van der Waals surface area contributed by atoms with E-state index in [1.54, 1.807) is 12.1 Å². The highest BCUT2D eigenvalue weighted by Gasteiger charge is 2.07. The molecule has 2 N–H and O–H groups in total. The van der Waals surface area contributed by atoms with Gasteiger partial charge in [0, 0.05) is 0 Å². The summed E-state index contributed by atoms with van der Waals surface area (Å²) in [5.74, 6) is -1.51. The first kappa shape index (κ1) is 7.45. The number of carbonyl (C=O) groups is 1. The van der Waals surface area contributed by atoms with Gasteiger partial charge in [0.2, 0.25) is 5.91 Å². The number of hydrogen-bond acceptors (Lipinski definition) is 3. The van der Waals surface area contributed by atoms with Gasteiger partial charge < -0.3 is 5.73 Å². The lowest BCUT2D eigenvalue weighted by Crippen LogP contribution is -2.14. The van der Waals surface area contributed by atoms with Gasteiger partial charge in [-0.25, -0.2) is 0 Å². The first-order chi connectivity index (χ1) is 4.20. The summed E-state index contributed by atoms with van der Waals surface area (Å²) in [4.78, 5) is 10.0. The molecule has 0 saturated heterocycles. The van der Waals surface area contributed by atoms with Crippen LogP contribution in [-0.4, -0.2) is 5.91 Å². The second-order valence-electron chi connectivity index (χ2n) is 1.48. The molecular weight excluding hydrogens is 118 g/mol. The number of primary amides is 1. The quantitative estimate of drug-likeness (QED) is 0.537. The molecule has 4 heteroatoms. The minimum absolute atomic E-state index is 0.174. The van der Waals surface area contributed by atoms with Crippen LogP contribution in [0.5, 0.6) is 0 Å². The third kappa shape index (κ3) is 3.07. The van der Waals surface area contributed by atoms with Crippen LogP contribution in [0.3, 0.4) is 0 Å². The molecule has 0 spiro atoms. The largest absolute Gasteiger partial charge is 0.370 e. The molecule has 4 nitrogen and oxygen atoms in total. The van der Waals surface area contributed by atoms with Crippen LogP contribution in [-0.2, 0) is 4.79 Å². The number of hydrogen-bond donors (Lipinski definition) is 1. The smallest absolute Gasteiger partial charge is 0.219 e. The summed E-state index contributed by atoms with van der Waals surface area (Å²) < 4.78 is 0. The molecule has 0 bridgehead atoms. The Kier molecular flexibility index (Phi) is 2.86. The average Bonchev–Trinajstić information content (AvgIpc) is 1.82. The molecule has 9 heavy (non-hydrogen) atoms. The average molecular weight is 123 g/mol. The van der Waals surface area contributed by atoms with E-state index in [9.17, 15) is 4.79 Å². The fraction of sp³-hybridized carbons (Fsp3) is 0.400. The summed E-state index contributed by atoms with van der Waals surface area (Å²) in [6.07, 6.45) is -0.174. The highest BCUT2D eigenvalue weighted by atomic mass is 16.1. The molecule has 0 atom stereocenters. The van der Waals surface area contributed by atoms with Crippen molar-refractivity contribution in [3.05, 3.63) is 0 Å². The predicted molar refractivity (Wildman–Crippen MR) is 28.5 cm³/mol. The Bertz CT molecular complexity index is 171. The van der Waals surface area contributed by atoms with Crippen LogP contribution in [0.1, 0.15) is 6.42 Å². The van der Waals surface area contributed by atoms with Crippen LogP contribution in [0.15, 0.2) is 0 Å². The van der Waals surface area contributed by atoms with E-state index in [1.807, 2.05) is 0 Å². The molecule has 0 fully saturated rings. The lowest BCUT2D eigenvalue weighted by Gasteiger charge is -1.90. The Morgan fingerprint density at radius 1 is 1.56 bits per heavy atom. The number of nitrogens with two attached hydrogens (primary N) is 1. The van der Waals surface area contributed by atoms with Gasteiger partial charge in [0.1, 0.15) is 5.92 Å². The lowest BCUT2D eigenvalue weighted by molar-refractivity contribution is -0.118. The van der Waals surface area contributed by atoms with Gasteiger partial charge in [0.05, 0.1) is 18.6 Å². The first-order valence-corrected chi connectivity index (χ1v) is 2.28. The van der Waals surface area contributed by atoms with E-state index in [2.05, 4.69) is 0 Å². The van der Waals surface area contributed by atoms with E-state index in [-0.39, 0.29) is 6.42 Å². The van der Waals surface area contributed by atoms with Crippen molar-refractivity contribution in [2.75, 3.05) is 0 Å². The minimum Gasteiger partial charge on any atom is -0.370 e. The molecule has 0 aromatic carbocycles. The standard InChI is InChI=1S/C5H5N3O/c6-2-4(3-7)1-5(8)9/h4H,1H2,(H2,8,9). The predicted octanol–water partition coefficient (Wildman–Crippen LogP) is -0.475. The Morgan fingerprint density at radius 2 is 2.00 bits per heavy atom. The maximum atomic E-state index is 10.0. The molecule has 0 aromatic rings. The molecule has 0 rings (SSSR count). The van der Waals surface area contributed by atoms with E-state index in [0.29, 0.717) is 0 Å². The summed E-state index contributed by atoms with van der Waals surface area (Å²) >= 11 is 0. The van der Waals surface area contributed by atoms with E-state index < -0.39 is 11.8 Å². The summed E-state index contributed by atoms with van der Waals surface area (Å²) in [6, 6.07) is 3.24. The maximum absolute atomic E-state index is 10.0. The molecule has 0 heterocycles. The zero-order chi connectivity index (χ0) is 7.28. The van der Waals surface area contributed by atoms with Gasteiger partial charge in [-0.15, -0.1) is 0 Å². The Balaban J connectivity index is 3.78. The van der Waals surface area contributed by atoms with Crippen molar-refractivity contribution in [2.24, 2.45) is 11.7 Å².